The van der Waals surface area contributed by atoms with E-state index in [1.807, 2.05) is 4.90 Å². The van der Waals surface area contributed by atoms with E-state index in [4.69, 9.17) is 0 Å². The number of amides is 1. The highest BCUT2D eigenvalue weighted by molar-refractivity contribution is 5.95. The average molecular weight is 341 g/mol. The van der Waals surface area contributed by atoms with Crippen LogP contribution in [0.5, 0.6) is 0 Å². The fraction of sp³-hybridized carbons (Fsp3) is 0.400. The van der Waals surface area contributed by atoms with Crippen molar-refractivity contribution in [3.8, 4) is 0 Å². The van der Waals surface area contributed by atoms with E-state index in [0.717, 1.165) is 13.1 Å². The molecule has 0 spiro atoms. The lowest BCUT2D eigenvalue weighted by molar-refractivity contribution is 0.0745. The lowest BCUT2D eigenvalue weighted by Gasteiger charge is -2.37. The van der Waals surface area contributed by atoms with Crippen molar-refractivity contribution < 1.29 is 9.18 Å². The fourth-order valence-electron chi connectivity index (χ4n) is 3.35. The van der Waals surface area contributed by atoms with Crippen molar-refractivity contribution in [3.63, 3.8) is 0 Å². The predicted molar refractivity (Wildman–Crippen MR) is 97.7 cm³/mol. The third kappa shape index (κ3) is 3.50. The van der Waals surface area contributed by atoms with Crippen LogP contribution in [-0.4, -0.2) is 42.0 Å². The minimum absolute atomic E-state index is 0.0681. The minimum Gasteiger partial charge on any atom is -0.368 e. The van der Waals surface area contributed by atoms with Gasteiger partial charge < -0.3 is 9.80 Å². The molecule has 1 saturated heterocycles. The van der Waals surface area contributed by atoms with Crippen LogP contribution in [0, 0.1) is 33.6 Å². The van der Waals surface area contributed by atoms with Gasteiger partial charge in [-0.15, -0.1) is 0 Å². The Morgan fingerprint density at radius 2 is 1.56 bits per heavy atom. The number of carbonyl (C=O) groups is 1. The van der Waals surface area contributed by atoms with Crippen LogP contribution in [-0.2, 0) is 0 Å². The molecule has 4 nitrogen and oxygen atoms in total. The highest BCUT2D eigenvalue weighted by Crippen LogP contribution is 2.25. The van der Waals surface area contributed by atoms with Crippen molar-refractivity contribution in [2.45, 2.75) is 27.7 Å². The molecule has 1 amide bonds. The Morgan fingerprint density at radius 1 is 0.920 bits per heavy atom. The number of aryl methyl sites for hydroxylation is 4. The molecule has 1 fully saturated rings. The number of benzene rings is 1. The molecule has 0 unspecified atom stereocenters. The number of anilines is 1. The second kappa shape index (κ2) is 6.82. The SMILES string of the molecule is Cc1cc(C)c(N2CCN(C(=O)c3cnc(F)cc3C)CC2)cc1C. The second-order valence-corrected chi connectivity index (χ2v) is 6.82. The van der Waals surface area contributed by atoms with Crippen LogP contribution in [0.25, 0.3) is 0 Å². The number of aromatic nitrogens is 1. The van der Waals surface area contributed by atoms with Gasteiger partial charge in [0.05, 0.1) is 5.56 Å². The molecule has 1 aliphatic heterocycles. The molecule has 132 valence electrons. The van der Waals surface area contributed by atoms with Gasteiger partial charge in [-0.3, -0.25) is 4.79 Å². The van der Waals surface area contributed by atoms with Gasteiger partial charge in [0.2, 0.25) is 5.95 Å². The van der Waals surface area contributed by atoms with Gasteiger partial charge in [-0.25, -0.2) is 4.98 Å². The summed E-state index contributed by atoms with van der Waals surface area (Å²) < 4.78 is 13.1. The van der Waals surface area contributed by atoms with Crippen LogP contribution in [0.1, 0.15) is 32.6 Å². The Kier molecular flexibility index (Phi) is 4.75. The smallest absolute Gasteiger partial charge is 0.255 e. The molecule has 0 bridgehead atoms. The Labute approximate surface area is 148 Å². The normalized spacial score (nSPS) is 14.8. The van der Waals surface area contributed by atoms with E-state index in [-0.39, 0.29) is 5.91 Å². The zero-order valence-corrected chi connectivity index (χ0v) is 15.3. The van der Waals surface area contributed by atoms with Gasteiger partial charge in [0, 0.05) is 38.1 Å². The van der Waals surface area contributed by atoms with E-state index < -0.39 is 5.95 Å². The van der Waals surface area contributed by atoms with Crippen molar-refractivity contribution in [1.82, 2.24) is 9.88 Å². The van der Waals surface area contributed by atoms with E-state index in [9.17, 15) is 9.18 Å². The van der Waals surface area contributed by atoms with E-state index >= 15 is 0 Å². The van der Waals surface area contributed by atoms with Crippen molar-refractivity contribution in [3.05, 3.63) is 58.2 Å². The molecule has 3 rings (SSSR count). The lowest BCUT2D eigenvalue weighted by atomic mass is 10.0. The molecule has 0 atom stereocenters. The molecule has 2 aromatic rings. The molecule has 2 heterocycles. The number of carbonyl (C=O) groups excluding carboxylic acids is 1. The second-order valence-electron chi connectivity index (χ2n) is 6.82. The van der Waals surface area contributed by atoms with E-state index in [0.29, 0.717) is 24.2 Å². The van der Waals surface area contributed by atoms with Crippen LogP contribution in [0.2, 0.25) is 0 Å². The molecule has 25 heavy (non-hydrogen) atoms. The topological polar surface area (TPSA) is 36.4 Å². The lowest BCUT2D eigenvalue weighted by Crippen LogP contribution is -2.49. The van der Waals surface area contributed by atoms with Crippen molar-refractivity contribution in [1.29, 1.82) is 0 Å². The summed E-state index contributed by atoms with van der Waals surface area (Å²) in [6.07, 6.45) is 1.34. The molecule has 1 aliphatic rings. The van der Waals surface area contributed by atoms with Gasteiger partial charge in [0.1, 0.15) is 0 Å². The van der Waals surface area contributed by atoms with Gasteiger partial charge >= 0.3 is 0 Å². The standard InChI is InChI=1S/C20H24FN3O/c1-13-9-16(4)18(10-14(13)2)23-5-7-24(8-6-23)20(25)17-12-22-19(21)11-15(17)3/h9-12H,5-8H2,1-4H3. The van der Waals surface area contributed by atoms with E-state index in [2.05, 4.69) is 42.8 Å². The Morgan fingerprint density at radius 3 is 2.20 bits per heavy atom. The van der Waals surface area contributed by atoms with Crippen LogP contribution in [0.3, 0.4) is 0 Å². The molecule has 0 N–H and O–H groups in total. The minimum atomic E-state index is -0.552. The monoisotopic (exact) mass is 341 g/mol. The first-order valence-corrected chi connectivity index (χ1v) is 8.61. The summed E-state index contributed by atoms with van der Waals surface area (Å²) in [5.41, 5.74) is 6.21. The summed E-state index contributed by atoms with van der Waals surface area (Å²) in [4.78, 5) is 20.5. The van der Waals surface area contributed by atoms with Crippen molar-refractivity contribution >= 4 is 11.6 Å². The summed E-state index contributed by atoms with van der Waals surface area (Å²) in [7, 11) is 0. The summed E-state index contributed by atoms with van der Waals surface area (Å²) >= 11 is 0. The number of hydrogen-bond donors (Lipinski definition) is 0. The fourth-order valence-corrected chi connectivity index (χ4v) is 3.35. The summed E-state index contributed by atoms with van der Waals surface area (Å²) in [5, 5.41) is 0. The maximum absolute atomic E-state index is 13.1. The van der Waals surface area contributed by atoms with Crippen LogP contribution >= 0.6 is 0 Å². The zero-order valence-electron chi connectivity index (χ0n) is 15.3. The van der Waals surface area contributed by atoms with Gasteiger partial charge in [0.15, 0.2) is 0 Å². The first-order chi connectivity index (χ1) is 11.9. The largest absolute Gasteiger partial charge is 0.368 e. The number of rotatable bonds is 2. The quantitative estimate of drug-likeness (QED) is 0.786. The van der Waals surface area contributed by atoms with Crippen LogP contribution in [0.15, 0.2) is 24.4 Å². The third-order valence-electron chi connectivity index (χ3n) is 5.03. The maximum atomic E-state index is 13.1. The van der Waals surface area contributed by atoms with Crippen LogP contribution in [0.4, 0.5) is 10.1 Å². The molecule has 0 saturated carbocycles. The number of piperazine rings is 1. The van der Waals surface area contributed by atoms with Gasteiger partial charge in [-0.05, 0) is 62.1 Å². The first-order valence-electron chi connectivity index (χ1n) is 8.61. The number of nitrogens with zero attached hydrogens (tertiary/aromatic N) is 3. The summed E-state index contributed by atoms with van der Waals surface area (Å²) in [5.74, 6) is -0.620. The van der Waals surface area contributed by atoms with Crippen molar-refractivity contribution in [2.75, 3.05) is 31.1 Å². The van der Waals surface area contributed by atoms with Crippen LogP contribution < -0.4 is 4.90 Å². The number of hydrogen-bond acceptors (Lipinski definition) is 3. The van der Waals surface area contributed by atoms with Gasteiger partial charge in [0.25, 0.3) is 5.91 Å². The van der Waals surface area contributed by atoms with E-state index in [1.54, 1.807) is 6.92 Å². The average Bonchev–Trinajstić information content (AvgIpc) is 2.58. The number of pyridine rings is 1. The van der Waals surface area contributed by atoms with Gasteiger partial charge in [-0.2, -0.15) is 4.39 Å². The number of halogens is 1. The summed E-state index contributed by atoms with van der Waals surface area (Å²) in [6, 6.07) is 5.76. The Bertz CT molecular complexity index is 811. The highest BCUT2D eigenvalue weighted by atomic mass is 19.1. The Hall–Kier alpha value is -2.43. The molecule has 1 aromatic heterocycles. The molecule has 5 heteroatoms. The molecular weight excluding hydrogens is 317 g/mol. The van der Waals surface area contributed by atoms with E-state index in [1.165, 1.54) is 34.6 Å². The first kappa shape index (κ1) is 17.4. The molecule has 0 aliphatic carbocycles. The van der Waals surface area contributed by atoms with Gasteiger partial charge in [-0.1, -0.05) is 6.07 Å². The predicted octanol–water partition coefficient (Wildman–Crippen LogP) is 3.42. The molecule has 1 aromatic carbocycles. The molecular formula is C20H24FN3O. The highest BCUT2D eigenvalue weighted by Gasteiger charge is 2.24. The Balaban J connectivity index is 1.71. The zero-order chi connectivity index (χ0) is 18.1. The maximum Gasteiger partial charge on any atom is 0.255 e. The third-order valence-corrected chi connectivity index (χ3v) is 5.03. The summed E-state index contributed by atoms with van der Waals surface area (Å²) in [6.45, 7) is 11.0. The van der Waals surface area contributed by atoms with Crippen molar-refractivity contribution in [2.24, 2.45) is 0 Å². The molecule has 0 radical (unpaired) electrons.